The average Bonchev–Trinajstić information content (AvgIpc) is 2.87. The molecule has 0 aromatic heterocycles. The first-order valence-electron chi connectivity index (χ1n) is 5.78. The number of carbonyl (C=O) groups is 1. The van der Waals surface area contributed by atoms with Crippen LogP contribution < -0.4 is 0 Å². The van der Waals surface area contributed by atoms with Gasteiger partial charge in [0.25, 0.3) is 0 Å². The molecule has 2 rings (SSSR count). The molecule has 0 aliphatic carbocycles. The number of ether oxygens (including phenoxy) is 2. The molecule has 2 fully saturated rings. The fourth-order valence-electron chi connectivity index (χ4n) is 2.10. The standard InChI is InChI=1S/C11H16F3NO3/c1-9(2,3)18-8(16)15-5-4-10(11(12,13)14)7(6-15)17-10/h7H,4-6H2,1-3H3/t7-,10-/m0/s1. The van der Waals surface area contributed by atoms with E-state index in [4.69, 9.17) is 9.47 Å². The summed E-state index contributed by atoms with van der Waals surface area (Å²) < 4.78 is 48.0. The van der Waals surface area contributed by atoms with Crippen LogP contribution in [0.1, 0.15) is 27.2 Å². The first kappa shape index (κ1) is 13.5. The number of amides is 1. The van der Waals surface area contributed by atoms with Gasteiger partial charge in [-0.05, 0) is 20.8 Å². The summed E-state index contributed by atoms with van der Waals surface area (Å²) in [5, 5.41) is 0. The van der Waals surface area contributed by atoms with Gasteiger partial charge in [-0.3, -0.25) is 0 Å². The van der Waals surface area contributed by atoms with Crippen LogP contribution >= 0.6 is 0 Å². The zero-order chi connectivity index (χ0) is 13.8. The van der Waals surface area contributed by atoms with Crippen LogP contribution in [0.15, 0.2) is 0 Å². The van der Waals surface area contributed by atoms with Crippen molar-refractivity contribution < 1.29 is 27.4 Å². The number of alkyl halides is 3. The number of rotatable bonds is 0. The number of carbonyl (C=O) groups excluding carboxylic acids is 1. The Morgan fingerprint density at radius 3 is 2.44 bits per heavy atom. The lowest BCUT2D eigenvalue weighted by Crippen LogP contribution is -2.49. The van der Waals surface area contributed by atoms with E-state index in [1.54, 1.807) is 20.8 Å². The van der Waals surface area contributed by atoms with Crippen LogP contribution in [0.5, 0.6) is 0 Å². The zero-order valence-electron chi connectivity index (χ0n) is 10.5. The van der Waals surface area contributed by atoms with Crippen molar-refractivity contribution in [3.05, 3.63) is 0 Å². The summed E-state index contributed by atoms with van der Waals surface area (Å²) in [4.78, 5) is 13.0. The Hall–Kier alpha value is -0.980. The second-order valence-corrected chi connectivity index (χ2v) is 5.67. The van der Waals surface area contributed by atoms with Gasteiger partial charge in [0.05, 0.1) is 6.54 Å². The highest BCUT2D eigenvalue weighted by Gasteiger charge is 2.74. The monoisotopic (exact) mass is 267 g/mol. The van der Waals surface area contributed by atoms with Gasteiger partial charge in [0, 0.05) is 13.0 Å². The van der Waals surface area contributed by atoms with E-state index in [-0.39, 0.29) is 19.5 Å². The second-order valence-electron chi connectivity index (χ2n) is 5.67. The van der Waals surface area contributed by atoms with E-state index in [1.807, 2.05) is 0 Å². The van der Waals surface area contributed by atoms with Crippen LogP contribution in [0.25, 0.3) is 0 Å². The minimum Gasteiger partial charge on any atom is -0.444 e. The Balaban J connectivity index is 1.94. The van der Waals surface area contributed by atoms with Gasteiger partial charge >= 0.3 is 12.3 Å². The third-order valence-electron chi connectivity index (χ3n) is 3.09. The van der Waals surface area contributed by atoms with Crippen molar-refractivity contribution in [3.63, 3.8) is 0 Å². The summed E-state index contributed by atoms with van der Waals surface area (Å²) in [6.07, 6.45) is -6.12. The molecule has 104 valence electrons. The van der Waals surface area contributed by atoms with Gasteiger partial charge in [-0.2, -0.15) is 13.2 Å². The molecule has 0 saturated carbocycles. The van der Waals surface area contributed by atoms with Crippen LogP contribution in [0.3, 0.4) is 0 Å². The van der Waals surface area contributed by atoms with Gasteiger partial charge in [0.15, 0.2) is 5.60 Å². The predicted molar refractivity (Wildman–Crippen MR) is 56.1 cm³/mol. The number of nitrogens with zero attached hydrogens (tertiary/aromatic N) is 1. The molecule has 18 heavy (non-hydrogen) atoms. The van der Waals surface area contributed by atoms with Crippen molar-refractivity contribution in [1.29, 1.82) is 0 Å². The Bertz CT molecular complexity index is 364. The minimum absolute atomic E-state index is 0.00488. The maximum Gasteiger partial charge on any atom is 0.420 e. The van der Waals surface area contributed by atoms with E-state index in [1.165, 1.54) is 4.90 Å². The molecule has 0 aromatic rings. The molecule has 1 amide bonds. The highest BCUT2D eigenvalue weighted by Crippen LogP contribution is 2.54. The summed E-state index contributed by atoms with van der Waals surface area (Å²) in [6.45, 7) is 5.08. The lowest BCUT2D eigenvalue weighted by atomic mass is 9.96. The third kappa shape index (κ3) is 2.28. The van der Waals surface area contributed by atoms with Crippen molar-refractivity contribution in [3.8, 4) is 0 Å². The van der Waals surface area contributed by atoms with Crippen molar-refractivity contribution in [2.45, 2.75) is 50.7 Å². The van der Waals surface area contributed by atoms with Crippen molar-refractivity contribution in [1.82, 2.24) is 4.90 Å². The molecule has 2 aliphatic rings. The number of hydrogen-bond donors (Lipinski definition) is 0. The molecule has 2 aliphatic heterocycles. The van der Waals surface area contributed by atoms with Gasteiger partial charge in [0.2, 0.25) is 0 Å². The maximum absolute atomic E-state index is 12.7. The molecule has 0 N–H and O–H groups in total. The Kier molecular flexibility index (Phi) is 2.81. The number of piperidine rings is 1. The fourth-order valence-corrected chi connectivity index (χ4v) is 2.10. The minimum atomic E-state index is -4.36. The highest BCUT2D eigenvalue weighted by atomic mass is 19.4. The average molecular weight is 267 g/mol. The first-order chi connectivity index (χ1) is 8.05. The van der Waals surface area contributed by atoms with Crippen LogP contribution in [0, 0.1) is 0 Å². The van der Waals surface area contributed by atoms with Gasteiger partial charge in [-0.15, -0.1) is 0 Å². The van der Waals surface area contributed by atoms with Crippen molar-refractivity contribution in [2.24, 2.45) is 0 Å². The Morgan fingerprint density at radius 2 is 2.00 bits per heavy atom. The molecule has 0 spiro atoms. The molecule has 0 aromatic carbocycles. The Labute approximate surface area is 103 Å². The largest absolute Gasteiger partial charge is 0.444 e. The molecule has 0 bridgehead atoms. The lowest BCUT2D eigenvalue weighted by molar-refractivity contribution is -0.188. The number of likely N-dealkylation sites (tertiary alicyclic amines) is 1. The van der Waals surface area contributed by atoms with Crippen molar-refractivity contribution in [2.75, 3.05) is 13.1 Å². The van der Waals surface area contributed by atoms with Crippen LogP contribution in [0.2, 0.25) is 0 Å². The third-order valence-corrected chi connectivity index (χ3v) is 3.09. The van der Waals surface area contributed by atoms with Crippen LogP contribution in [-0.2, 0) is 9.47 Å². The van der Waals surface area contributed by atoms with Crippen LogP contribution in [-0.4, -0.2) is 47.6 Å². The molecule has 0 radical (unpaired) electrons. The second kappa shape index (κ2) is 3.76. The SMILES string of the molecule is CC(C)(C)OC(=O)N1CC[C@]2(C(F)(F)F)O[C@H]2C1. The predicted octanol–water partition coefficient (Wildman–Crippen LogP) is 2.33. The van der Waals surface area contributed by atoms with E-state index in [0.29, 0.717) is 0 Å². The van der Waals surface area contributed by atoms with E-state index in [0.717, 1.165) is 0 Å². The van der Waals surface area contributed by atoms with Crippen LogP contribution in [0.4, 0.5) is 18.0 Å². The Morgan fingerprint density at radius 1 is 1.39 bits per heavy atom. The maximum atomic E-state index is 12.7. The smallest absolute Gasteiger partial charge is 0.420 e. The fraction of sp³-hybridized carbons (Fsp3) is 0.909. The zero-order valence-corrected chi connectivity index (χ0v) is 10.5. The molecule has 4 nitrogen and oxygen atoms in total. The molecule has 0 unspecified atom stereocenters. The van der Waals surface area contributed by atoms with E-state index in [2.05, 4.69) is 0 Å². The van der Waals surface area contributed by atoms with Gasteiger partial charge in [-0.1, -0.05) is 0 Å². The summed E-state index contributed by atoms with van der Waals surface area (Å²) in [5.41, 5.74) is -2.68. The van der Waals surface area contributed by atoms with Crippen molar-refractivity contribution >= 4 is 6.09 Å². The molecular weight excluding hydrogens is 251 g/mol. The number of fused-ring (bicyclic) bond motifs is 1. The normalized spacial score (nSPS) is 31.9. The van der Waals surface area contributed by atoms with E-state index in [9.17, 15) is 18.0 Å². The topological polar surface area (TPSA) is 42.1 Å². The van der Waals surface area contributed by atoms with Gasteiger partial charge in [-0.25, -0.2) is 4.79 Å². The summed E-state index contributed by atoms with van der Waals surface area (Å²) in [7, 11) is 0. The summed E-state index contributed by atoms with van der Waals surface area (Å²) in [6, 6.07) is 0. The molecule has 7 heteroatoms. The van der Waals surface area contributed by atoms with E-state index >= 15 is 0 Å². The lowest BCUT2D eigenvalue weighted by Gasteiger charge is -2.31. The van der Waals surface area contributed by atoms with Gasteiger partial charge in [0.1, 0.15) is 11.7 Å². The number of epoxide rings is 1. The highest BCUT2D eigenvalue weighted by molar-refractivity contribution is 5.68. The molecule has 2 heterocycles. The number of halogens is 3. The number of hydrogen-bond acceptors (Lipinski definition) is 3. The quantitative estimate of drug-likeness (QED) is 0.632. The van der Waals surface area contributed by atoms with Gasteiger partial charge < -0.3 is 14.4 Å². The first-order valence-corrected chi connectivity index (χ1v) is 5.78. The molecule has 2 atom stereocenters. The summed E-state index contributed by atoms with van der Waals surface area (Å²) in [5.74, 6) is 0. The van der Waals surface area contributed by atoms with E-state index < -0.39 is 29.6 Å². The molecular formula is C11H16F3NO3. The molecule has 2 saturated heterocycles. The summed E-state index contributed by atoms with van der Waals surface area (Å²) >= 11 is 0.